The van der Waals surface area contributed by atoms with Gasteiger partial charge in [-0.05, 0) is 72.4 Å². The Kier molecular flexibility index (Phi) is 5.09. The average molecular weight is 400 g/mol. The second-order valence-electron chi connectivity index (χ2n) is 8.15. The molecule has 2 aliphatic rings. The Hall–Kier alpha value is -2.98. The number of nitrogens with zero attached hydrogens (tertiary/aromatic N) is 2. The summed E-state index contributed by atoms with van der Waals surface area (Å²) in [5.74, 6) is -0.219. The number of hydrogen-bond acceptors (Lipinski definition) is 2. The zero-order valence-corrected chi connectivity index (χ0v) is 17.2. The van der Waals surface area contributed by atoms with Crippen LogP contribution < -0.4 is 0 Å². The summed E-state index contributed by atoms with van der Waals surface area (Å²) < 4.78 is 13.5. The molecule has 1 saturated heterocycles. The van der Waals surface area contributed by atoms with E-state index in [4.69, 9.17) is 0 Å². The molecule has 2 aromatic heterocycles. The lowest BCUT2D eigenvalue weighted by atomic mass is 9.90. The summed E-state index contributed by atoms with van der Waals surface area (Å²) in [6.45, 7) is 4.40. The summed E-state index contributed by atoms with van der Waals surface area (Å²) in [6.07, 6.45) is 13.9. The van der Waals surface area contributed by atoms with E-state index in [1.807, 2.05) is 36.7 Å². The molecule has 3 aromatic rings. The Labute approximate surface area is 177 Å². The zero-order chi connectivity index (χ0) is 20.5. The summed E-state index contributed by atoms with van der Waals surface area (Å²) in [6, 6.07) is 11.3. The van der Waals surface area contributed by atoms with Crippen molar-refractivity contribution in [1.82, 2.24) is 14.9 Å². The Morgan fingerprint density at radius 2 is 1.93 bits per heavy atom. The standard InChI is InChI=1S/C26H26FN3/c1-2-3-18-14-23-15-21(10-13-30(23)17-18)24-16-29-26(20-4-6-22(27)7-5-20)25(24)19-8-11-28-12-9-19/h3-9,11-12,15-16,23,29H,2,10,13-14,17H2,1H3/b18-3-/t23-/m0/s1. The van der Waals surface area contributed by atoms with Gasteiger partial charge in [-0.3, -0.25) is 9.88 Å². The van der Waals surface area contributed by atoms with Crippen LogP contribution in [0.1, 0.15) is 31.7 Å². The van der Waals surface area contributed by atoms with E-state index in [2.05, 4.69) is 40.1 Å². The van der Waals surface area contributed by atoms with Gasteiger partial charge in [-0.15, -0.1) is 0 Å². The number of aromatic nitrogens is 2. The summed E-state index contributed by atoms with van der Waals surface area (Å²) in [7, 11) is 0. The molecule has 4 heterocycles. The van der Waals surface area contributed by atoms with Crippen LogP contribution in [-0.2, 0) is 0 Å². The van der Waals surface area contributed by atoms with Gasteiger partial charge in [-0.1, -0.05) is 24.6 Å². The SMILES string of the molecule is CC/C=C1/C[C@H]2C=C(c3c[nH]c(-c4ccc(F)cc4)c3-c3ccncc3)CCN2C1. The number of fused-ring (bicyclic) bond motifs is 1. The van der Waals surface area contributed by atoms with Crippen molar-refractivity contribution in [1.29, 1.82) is 0 Å². The van der Waals surface area contributed by atoms with Crippen LogP contribution in [0.2, 0.25) is 0 Å². The van der Waals surface area contributed by atoms with E-state index in [1.54, 1.807) is 5.57 Å². The molecule has 2 aliphatic heterocycles. The highest BCUT2D eigenvalue weighted by molar-refractivity contribution is 5.91. The molecule has 4 heteroatoms. The minimum absolute atomic E-state index is 0.219. The number of hydrogen-bond donors (Lipinski definition) is 1. The minimum atomic E-state index is -0.219. The van der Waals surface area contributed by atoms with Crippen molar-refractivity contribution in [3.05, 3.63) is 84.1 Å². The molecular formula is C26H26FN3. The Balaban J connectivity index is 1.58. The summed E-state index contributed by atoms with van der Waals surface area (Å²) >= 11 is 0. The number of halogens is 1. The molecule has 30 heavy (non-hydrogen) atoms. The van der Waals surface area contributed by atoms with Gasteiger partial charge < -0.3 is 4.98 Å². The molecule has 0 saturated carbocycles. The highest BCUT2D eigenvalue weighted by Crippen LogP contribution is 2.41. The topological polar surface area (TPSA) is 31.9 Å². The number of allylic oxidation sites excluding steroid dienone is 1. The molecule has 1 atom stereocenters. The van der Waals surface area contributed by atoms with Gasteiger partial charge in [0, 0.05) is 48.8 Å². The molecule has 152 valence electrons. The van der Waals surface area contributed by atoms with Gasteiger partial charge >= 0.3 is 0 Å². The minimum Gasteiger partial charge on any atom is -0.360 e. The van der Waals surface area contributed by atoms with E-state index < -0.39 is 0 Å². The quantitative estimate of drug-likeness (QED) is 0.539. The highest BCUT2D eigenvalue weighted by atomic mass is 19.1. The van der Waals surface area contributed by atoms with Crippen molar-refractivity contribution >= 4 is 5.57 Å². The van der Waals surface area contributed by atoms with Crippen LogP contribution in [0.3, 0.4) is 0 Å². The fourth-order valence-electron chi connectivity index (χ4n) is 4.83. The molecule has 0 unspecified atom stereocenters. The molecular weight excluding hydrogens is 373 g/mol. The lowest BCUT2D eigenvalue weighted by Gasteiger charge is -2.28. The molecule has 0 aliphatic carbocycles. The molecule has 3 nitrogen and oxygen atoms in total. The van der Waals surface area contributed by atoms with Crippen LogP contribution >= 0.6 is 0 Å². The maximum absolute atomic E-state index is 13.5. The predicted molar refractivity (Wildman–Crippen MR) is 120 cm³/mol. The molecule has 0 radical (unpaired) electrons. The van der Waals surface area contributed by atoms with Gasteiger partial charge in [0.1, 0.15) is 5.82 Å². The molecule has 5 rings (SSSR count). The van der Waals surface area contributed by atoms with Crippen molar-refractivity contribution in [2.24, 2.45) is 0 Å². The Morgan fingerprint density at radius 1 is 1.13 bits per heavy atom. The first-order chi connectivity index (χ1) is 14.7. The molecule has 1 fully saturated rings. The lowest BCUT2D eigenvalue weighted by molar-refractivity contribution is 0.290. The van der Waals surface area contributed by atoms with Gasteiger partial charge in [0.2, 0.25) is 0 Å². The maximum atomic E-state index is 13.5. The molecule has 1 N–H and O–H groups in total. The van der Waals surface area contributed by atoms with Crippen LogP contribution in [0, 0.1) is 5.82 Å². The van der Waals surface area contributed by atoms with E-state index in [1.165, 1.54) is 28.8 Å². The van der Waals surface area contributed by atoms with Gasteiger partial charge in [-0.25, -0.2) is 4.39 Å². The fourth-order valence-corrected chi connectivity index (χ4v) is 4.83. The second-order valence-corrected chi connectivity index (χ2v) is 8.15. The first kappa shape index (κ1) is 19.0. The van der Waals surface area contributed by atoms with Gasteiger partial charge in [-0.2, -0.15) is 0 Å². The lowest BCUT2D eigenvalue weighted by Crippen LogP contribution is -2.32. The number of nitrogens with one attached hydrogen (secondary N) is 1. The number of pyridine rings is 1. The van der Waals surface area contributed by atoms with Crippen LogP contribution in [0.4, 0.5) is 4.39 Å². The van der Waals surface area contributed by atoms with Crippen molar-refractivity contribution in [3.63, 3.8) is 0 Å². The number of aromatic amines is 1. The largest absolute Gasteiger partial charge is 0.360 e. The summed E-state index contributed by atoms with van der Waals surface area (Å²) in [4.78, 5) is 10.3. The number of H-pyrrole nitrogens is 1. The van der Waals surface area contributed by atoms with Crippen LogP contribution in [0.5, 0.6) is 0 Å². The third kappa shape index (κ3) is 3.52. The van der Waals surface area contributed by atoms with Crippen molar-refractivity contribution in [3.8, 4) is 22.4 Å². The van der Waals surface area contributed by atoms with Gasteiger partial charge in [0.05, 0.1) is 5.69 Å². The van der Waals surface area contributed by atoms with E-state index in [0.29, 0.717) is 6.04 Å². The normalized spacial score (nSPS) is 20.4. The molecule has 0 bridgehead atoms. The van der Waals surface area contributed by atoms with Gasteiger partial charge in [0.25, 0.3) is 0 Å². The first-order valence-corrected chi connectivity index (χ1v) is 10.7. The number of rotatable bonds is 4. The van der Waals surface area contributed by atoms with E-state index in [-0.39, 0.29) is 5.82 Å². The second kappa shape index (κ2) is 8.04. The highest BCUT2D eigenvalue weighted by Gasteiger charge is 2.30. The third-order valence-corrected chi connectivity index (χ3v) is 6.23. The van der Waals surface area contributed by atoms with Crippen molar-refractivity contribution < 1.29 is 4.39 Å². The number of benzene rings is 1. The maximum Gasteiger partial charge on any atom is 0.123 e. The van der Waals surface area contributed by atoms with E-state index in [0.717, 1.165) is 49.2 Å². The molecule has 1 aromatic carbocycles. The van der Waals surface area contributed by atoms with Crippen LogP contribution in [-0.4, -0.2) is 34.0 Å². The van der Waals surface area contributed by atoms with Crippen LogP contribution in [0.15, 0.2) is 72.7 Å². The average Bonchev–Trinajstić information content (AvgIpc) is 3.38. The molecule has 0 amide bonds. The van der Waals surface area contributed by atoms with Gasteiger partial charge in [0.15, 0.2) is 0 Å². The third-order valence-electron chi connectivity index (χ3n) is 6.23. The first-order valence-electron chi connectivity index (χ1n) is 10.7. The van der Waals surface area contributed by atoms with Crippen LogP contribution in [0.25, 0.3) is 28.0 Å². The monoisotopic (exact) mass is 399 g/mol. The summed E-state index contributed by atoms with van der Waals surface area (Å²) in [5.41, 5.74) is 8.51. The Morgan fingerprint density at radius 3 is 2.70 bits per heavy atom. The molecule has 0 spiro atoms. The van der Waals surface area contributed by atoms with Crippen molar-refractivity contribution in [2.45, 2.75) is 32.2 Å². The van der Waals surface area contributed by atoms with E-state index >= 15 is 0 Å². The zero-order valence-electron chi connectivity index (χ0n) is 17.2. The Bertz CT molecular complexity index is 1090. The fraction of sp³-hybridized carbons (Fsp3) is 0.269. The van der Waals surface area contributed by atoms with E-state index in [9.17, 15) is 4.39 Å². The predicted octanol–water partition coefficient (Wildman–Crippen LogP) is 6.08. The smallest absolute Gasteiger partial charge is 0.123 e. The van der Waals surface area contributed by atoms with Crippen molar-refractivity contribution in [2.75, 3.05) is 13.1 Å². The summed E-state index contributed by atoms with van der Waals surface area (Å²) in [5, 5.41) is 0.